The molecule has 1 heterocycles. The maximum absolute atomic E-state index is 11.4. The van der Waals surface area contributed by atoms with Gasteiger partial charge < -0.3 is 5.32 Å². The van der Waals surface area contributed by atoms with Crippen molar-refractivity contribution in [2.75, 3.05) is 0 Å². The Morgan fingerprint density at radius 1 is 1.38 bits per heavy atom. The van der Waals surface area contributed by atoms with Crippen LogP contribution in [0.15, 0.2) is 29.3 Å². The Labute approximate surface area is 99.5 Å². The number of carbonyl (C=O) groups is 1. The standard InChI is InChI=1S/C12H13ClN2O/c1-2-10-12(16)15-11(14-10)7-8-3-5-9(13)6-4-8/h3-6,10H,2,7H2,1H3,(H,14,15,16). The zero-order chi connectivity index (χ0) is 11.5. The van der Waals surface area contributed by atoms with Crippen LogP contribution >= 0.6 is 11.6 Å². The molecule has 84 valence electrons. The highest BCUT2D eigenvalue weighted by Crippen LogP contribution is 2.12. The summed E-state index contributed by atoms with van der Waals surface area (Å²) in [5.41, 5.74) is 1.10. The van der Waals surface area contributed by atoms with Crippen molar-refractivity contribution in [3.05, 3.63) is 34.9 Å². The number of benzene rings is 1. The first-order valence-corrected chi connectivity index (χ1v) is 5.69. The lowest BCUT2D eigenvalue weighted by atomic mass is 10.1. The third-order valence-electron chi connectivity index (χ3n) is 2.55. The molecule has 1 aliphatic heterocycles. The van der Waals surface area contributed by atoms with E-state index >= 15 is 0 Å². The summed E-state index contributed by atoms with van der Waals surface area (Å²) in [4.78, 5) is 15.7. The van der Waals surface area contributed by atoms with E-state index in [2.05, 4.69) is 10.3 Å². The molecule has 1 aromatic rings. The predicted molar refractivity (Wildman–Crippen MR) is 64.8 cm³/mol. The maximum atomic E-state index is 11.4. The molecule has 1 N–H and O–H groups in total. The zero-order valence-electron chi connectivity index (χ0n) is 9.03. The molecule has 1 atom stereocenters. The average Bonchev–Trinajstić information content (AvgIpc) is 2.62. The number of hydrogen-bond donors (Lipinski definition) is 1. The Kier molecular flexibility index (Phi) is 3.25. The molecule has 16 heavy (non-hydrogen) atoms. The van der Waals surface area contributed by atoms with Gasteiger partial charge in [-0.05, 0) is 24.1 Å². The monoisotopic (exact) mass is 236 g/mol. The van der Waals surface area contributed by atoms with E-state index in [9.17, 15) is 4.79 Å². The van der Waals surface area contributed by atoms with Gasteiger partial charge in [-0.15, -0.1) is 0 Å². The van der Waals surface area contributed by atoms with Crippen LogP contribution in [0.3, 0.4) is 0 Å². The van der Waals surface area contributed by atoms with Gasteiger partial charge >= 0.3 is 0 Å². The lowest BCUT2D eigenvalue weighted by Gasteiger charge is -2.01. The minimum atomic E-state index is -0.206. The van der Waals surface area contributed by atoms with Crippen LogP contribution in [0.1, 0.15) is 18.9 Å². The normalized spacial score (nSPS) is 19.5. The predicted octanol–water partition coefficient (Wildman–Crippen LogP) is 2.19. The summed E-state index contributed by atoms with van der Waals surface area (Å²) in [6, 6.07) is 7.35. The second-order valence-electron chi connectivity index (χ2n) is 3.79. The van der Waals surface area contributed by atoms with Crippen LogP contribution in [0.25, 0.3) is 0 Å². The van der Waals surface area contributed by atoms with E-state index in [0.717, 1.165) is 17.8 Å². The molecule has 4 heteroatoms. The van der Waals surface area contributed by atoms with Crippen molar-refractivity contribution in [3.63, 3.8) is 0 Å². The molecule has 0 bridgehead atoms. The van der Waals surface area contributed by atoms with Crippen LogP contribution in [0.2, 0.25) is 5.02 Å². The summed E-state index contributed by atoms with van der Waals surface area (Å²) in [7, 11) is 0. The van der Waals surface area contributed by atoms with E-state index in [-0.39, 0.29) is 11.9 Å². The fourth-order valence-electron chi connectivity index (χ4n) is 1.67. The van der Waals surface area contributed by atoms with Crippen molar-refractivity contribution in [2.45, 2.75) is 25.8 Å². The molecule has 0 spiro atoms. The van der Waals surface area contributed by atoms with E-state index in [1.165, 1.54) is 0 Å². The Morgan fingerprint density at radius 2 is 2.06 bits per heavy atom. The summed E-state index contributed by atoms with van der Waals surface area (Å²) in [5, 5.41) is 3.51. The number of aliphatic imine (C=N–C) groups is 1. The first-order valence-electron chi connectivity index (χ1n) is 5.31. The number of rotatable bonds is 3. The zero-order valence-corrected chi connectivity index (χ0v) is 9.79. The smallest absolute Gasteiger partial charge is 0.250 e. The highest BCUT2D eigenvalue weighted by molar-refractivity contribution is 6.30. The van der Waals surface area contributed by atoms with E-state index in [1.807, 2.05) is 31.2 Å². The lowest BCUT2D eigenvalue weighted by molar-refractivity contribution is -0.120. The van der Waals surface area contributed by atoms with Gasteiger partial charge in [-0.2, -0.15) is 0 Å². The van der Waals surface area contributed by atoms with Crippen molar-refractivity contribution in [1.82, 2.24) is 5.32 Å². The minimum Gasteiger partial charge on any atom is -0.312 e. The van der Waals surface area contributed by atoms with Crippen LogP contribution in [-0.2, 0) is 11.2 Å². The minimum absolute atomic E-state index is 0.00598. The van der Waals surface area contributed by atoms with Gasteiger partial charge in [-0.1, -0.05) is 30.7 Å². The summed E-state index contributed by atoms with van der Waals surface area (Å²) < 4.78 is 0. The second kappa shape index (κ2) is 4.66. The second-order valence-corrected chi connectivity index (χ2v) is 4.23. The summed E-state index contributed by atoms with van der Waals surface area (Å²) in [6.45, 7) is 1.96. The number of nitrogens with one attached hydrogen (secondary N) is 1. The number of halogens is 1. The van der Waals surface area contributed by atoms with Gasteiger partial charge in [0, 0.05) is 11.4 Å². The Hall–Kier alpha value is -1.35. The number of amides is 1. The molecule has 0 saturated heterocycles. The van der Waals surface area contributed by atoms with Gasteiger partial charge in [0.1, 0.15) is 11.9 Å². The Bertz CT molecular complexity index is 425. The van der Waals surface area contributed by atoms with Gasteiger partial charge in [-0.25, -0.2) is 0 Å². The van der Waals surface area contributed by atoms with Crippen LogP contribution in [0.4, 0.5) is 0 Å². The first-order chi connectivity index (χ1) is 7.69. The molecule has 1 aliphatic rings. The van der Waals surface area contributed by atoms with Crippen molar-refractivity contribution < 1.29 is 4.79 Å². The quantitative estimate of drug-likeness (QED) is 0.859. The van der Waals surface area contributed by atoms with Crippen molar-refractivity contribution in [1.29, 1.82) is 0 Å². The Morgan fingerprint density at radius 3 is 2.62 bits per heavy atom. The molecule has 1 amide bonds. The molecule has 0 fully saturated rings. The van der Waals surface area contributed by atoms with Crippen LogP contribution in [0.5, 0.6) is 0 Å². The topological polar surface area (TPSA) is 41.5 Å². The van der Waals surface area contributed by atoms with Gasteiger partial charge in [0.25, 0.3) is 0 Å². The molecule has 3 nitrogen and oxygen atoms in total. The van der Waals surface area contributed by atoms with Crippen LogP contribution < -0.4 is 5.32 Å². The average molecular weight is 237 g/mol. The molecule has 2 rings (SSSR count). The molecule has 0 saturated carbocycles. The van der Waals surface area contributed by atoms with E-state index in [4.69, 9.17) is 11.6 Å². The largest absolute Gasteiger partial charge is 0.312 e. The van der Waals surface area contributed by atoms with Crippen LogP contribution in [-0.4, -0.2) is 17.8 Å². The first kappa shape index (κ1) is 11.1. The number of amidine groups is 1. The van der Waals surface area contributed by atoms with Gasteiger partial charge in [0.2, 0.25) is 5.91 Å². The molecule has 0 aromatic heterocycles. The van der Waals surface area contributed by atoms with E-state index < -0.39 is 0 Å². The van der Waals surface area contributed by atoms with Crippen molar-refractivity contribution >= 4 is 23.3 Å². The number of carbonyl (C=O) groups excluding carboxylic acids is 1. The molecule has 0 aliphatic carbocycles. The SMILES string of the molecule is CCC1N=C(Cc2ccc(Cl)cc2)NC1=O. The highest BCUT2D eigenvalue weighted by atomic mass is 35.5. The number of hydrogen-bond acceptors (Lipinski definition) is 2. The fraction of sp³-hybridized carbons (Fsp3) is 0.333. The lowest BCUT2D eigenvalue weighted by Crippen LogP contribution is -2.29. The molecule has 0 radical (unpaired) electrons. The molecular formula is C12H13ClN2O. The Balaban J connectivity index is 2.06. The number of nitrogens with zero attached hydrogens (tertiary/aromatic N) is 1. The van der Waals surface area contributed by atoms with E-state index in [1.54, 1.807) is 0 Å². The maximum Gasteiger partial charge on any atom is 0.250 e. The third kappa shape index (κ3) is 2.42. The summed E-state index contributed by atoms with van der Waals surface area (Å²) >= 11 is 5.80. The summed E-state index contributed by atoms with van der Waals surface area (Å²) in [5.74, 6) is 0.755. The molecular weight excluding hydrogens is 224 g/mol. The third-order valence-corrected chi connectivity index (χ3v) is 2.81. The van der Waals surface area contributed by atoms with Crippen LogP contribution in [0, 0.1) is 0 Å². The van der Waals surface area contributed by atoms with Crippen molar-refractivity contribution in [3.8, 4) is 0 Å². The fourth-order valence-corrected chi connectivity index (χ4v) is 1.79. The molecule has 1 unspecified atom stereocenters. The van der Waals surface area contributed by atoms with Gasteiger partial charge in [0.15, 0.2) is 0 Å². The van der Waals surface area contributed by atoms with Crippen molar-refractivity contribution in [2.24, 2.45) is 4.99 Å². The van der Waals surface area contributed by atoms with E-state index in [0.29, 0.717) is 11.4 Å². The summed E-state index contributed by atoms with van der Waals surface area (Å²) in [6.07, 6.45) is 1.40. The van der Waals surface area contributed by atoms with Gasteiger partial charge in [-0.3, -0.25) is 9.79 Å². The van der Waals surface area contributed by atoms with Gasteiger partial charge in [0.05, 0.1) is 0 Å². The highest BCUT2D eigenvalue weighted by Gasteiger charge is 2.23. The molecule has 1 aromatic carbocycles.